The largest absolute Gasteiger partial charge is 0.438 e. The molecule has 0 aliphatic carbocycles. The van der Waals surface area contributed by atoms with Crippen molar-refractivity contribution in [1.82, 2.24) is 9.97 Å². The van der Waals surface area contributed by atoms with E-state index in [-0.39, 0.29) is 12.1 Å². The Morgan fingerprint density at radius 1 is 0.840 bits per heavy atom. The summed E-state index contributed by atoms with van der Waals surface area (Å²) in [5.41, 5.74) is -13.3. The van der Waals surface area contributed by atoms with Crippen LogP contribution in [-0.2, 0) is 11.8 Å². The van der Waals surface area contributed by atoms with Crippen molar-refractivity contribution in [3.8, 4) is 0 Å². The minimum Gasteiger partial charge on any atom is -0.319 e. The van der Waals surface area contributed by atoms with E-state index >= 15 is 0 Å². The third-order valence-corrected chi connectivity index (χ3v) is 3.14. The molecule has 2 aromatic rings. The van der Waals surface area contributed by atoms with Gasteiger partial charge in [-0.1, -0.05) is 6.07 Å². The maximum Gasteiger partial charge on any atom is 0.438 e. The molecule has 0 radical (unpaired) electrons. The number of nitrogens with one attached hydrogen (secondary N) is 1. The Kier molecular flexibility index (Phi) is 4.05. The van der Waals surface area contributed by atoms with Crippen LogP contribution in [0.5, 0.6) is 0 Å². The van der Waals surface area contributed by atoms with E-state index in [4.69, 9.17) is 0 Å². The number of rotatable bonds is 1. The highest BCUT2D eigenvalue weighted by Crippen LogP contribution is 2.53. The molecule has 1 heterocycles. The fourth-order valence-corrected chi connectivity index (χ4v) is 1.98. The third kappa shape index (κ3) is 3.02. The average Bonchev–Trinajstić information content (AvgIpc) is 2.41. The first-order valence-corrected chi connectivity index (χ1v) is 6.03. The Hall–Kier alpha value is -2.34. The first kappa shape index (κ1) is 19.0. The van der Waals surface area contributed by atoms with Crippen molar-refractivity contribution in [2.75, 3.05) is 0 Å². The summed E-state index contributed by atoms with van der Waals surface area (Å²) in [5.74, 6) is 0. The second-order valence-corrected chi connectivity index (χ2v) is 4.80. The topological polar surface area (TPSA) is 45.8 Å². The van der Waals surface area contributed by atoms with E-state index in [1.165, 1.54) is 4.98 Å². The molecule has 25 heavy (non-hydrogen) atoms. The predicted octanol–water partition coefficient (Wildman–Crippen LogP) is 4.23. The number of fused-ring (bicyclic) bond motifs is 1. The van der Waals surface area contributed by atoms with E-state index in [0.29, 0.717) is 6.07 Å². The summed E-state index contributed by atoms with van der Waals surface area (Å²) in [5, 5.41) is 0. The summed E-state index contributed by atoms with van der Waals surface area (Å²) >= 11 is 0. The Labute approximate surface area is 130 Å². The minimum absolute atomic E-state index is 0.00517. The van der Waals surface area contributed by atoms with Crippen LogP contribution in [-0.4, -0.2) is 22.3 Å². The van der Waals surface area contributed by atoms with Crippen molar-refractivity contribution >= 4 is 11.0 Å². The highest BCUT2D eigenvalue weighted by atomic mass is 19.4. The number of H-pyrrole nitrogens is 1. The van der Waals surface area contributed by atoms with Gasteiger partial charge in [0.1, 0.15) is 0 Å². The van der Waals surface area contributed by atoms with E-state index in [1.54, 1.807) is 0 Å². The fourth-order valence-electron chi connectivity index (χ4n) is 1.98. The molecular formula is C12H4F10N2O. The molecule has 0 bridgehead atoms. The zero-order chi connectivity index (χ0) is 19.4. The molecule has 0 fully saturated rings. The highest BCUT2D eigenvalue weighted by Gasteiger charge is 2.73. The van der Waals surface area contributed by atoms with Crippen LogP contribution in [0, 0.1) is 0 Å². The number of halogens is 10. The molecule has 0 atom stereocenters. The van der Waals surface area contributed by atoms with Gasteiger partial charge in [-0.3, -0.25) is 4.79 Å². The van der Waals surface area contributed by atoms with Crippen LogP contribution < -0.4 is 5.56 Å². The number of alkyl halides is 10. The SMILES string of the molecule is O=c1[nH]c2cc(C(F)(C(F)(F)F)C(F)(F)F)ccc2nc1C(F)(F)F. The van der Waals surface area contributed by atoms with Crippen LogP contribution >= 0.6 is 0 Å². The fraction of sp³-hybridized carbons (Fsp3) is 0.333. The van der Waals surface area contributed by atoms with Gasteiger partial charge in [0.25, 0.3) is 5.56 Å². The number of aromatic amines is 1. The van der Waals surface area contributed by atoms with Gasteiger partial charge in [0.15, 0.2) is 0 Å². The number of aromatic nitrogens is 2. The number of benzene rings is 1. The number of nitrogens with zero attached hydrogens (tertiary/aromatic N) is 1. The van der Waals surface area contributed by atoms with E-state index < -0.39 is 52.0 Å². The van der Waals surface area contributed by atoms with Crippen LogP contribution in [0.2, 0.25) is 0 Å². The molecule has 0 spiro atoms. The molecule has 0 aliphatic rings. The van der Waals surface area contributed by atoms with Gasteiger partial charge in [-0.15, -0.1) is 0 Å². The Bertz CT molecular complexity index is 847. The molecule has 0 saturated heterocycles. The predicted molar refractivity (Wildman–Crippen MR) is 62.3 cm³/mol. The Morgan fingerprint density at radius 2 is 1.36 bits per heavy atom. The molecule has 13 heteroatoms. The van der Waals surface area contributed by atoms with Gasteiger partial charge in [0.2, 0.25) is 5.69 Å². The van der Waals surface area contributed by atoms with Crippen LogP contribution in [0.25, 0.3) is 11.0 Å². The van der Waals surface area contributed by atoms with Crippen LogP contribution in [0.1, 0.15) is 11.3 Å². The first-order valence-electron chi connectivity index (χ1n) is 6.03. The lowest BCUT2D eigenvalue weighted by molar-refractivity contribution is -0.348. The lowest BCUT2D eigenvalue weighted by Crippen LogP contribution is -2.50. The first-order chi connectivity index (χ1) is 11.1. The molecule has 0 saturated carbocycles. The highest BCUT2D eigenvalue weighted by molar-refractivity contribution is 5.75. The average molecular weight is 382 g/mol. The lowest BCUT2D eigenvalue weighted by atomic mass is 9.93. The quantitative estimate of drug-likeness (QED) is 0.751. The van der Waals surface area contributed by atoms with Gasteiger partial charge in [-0.05, 0) is 12.1 Å². The van der Waals surface area contributed by atoms with Crippen molar-refractivity contribution in [2.24, 2.45) is 0 Å². The summed E-state index contributed by atoms with van der Waals surface area (Å²) in [7, 11) is 0. The summed E-state index contributed by atoms with van der Waals surface area (Å²) in [6.07, 6.45) is -18.0. The molecular weight excluding hydrogens is 378 g/mol. The summed E-state index contributed by atoms with van der Waals surface area (Å²) in [4.78, 5) is 15.5. The summed E-state index contributed by atoms with van der Waals surface area (Å²) in [6, 6.07) is 0.237. The Morgan fingerprint density at radius 3 is 1.80 bits per heavy atom. The number of hydrogen-bond donors (Lipinski definition) is 1. The molecule has 1 N–H and O–H groups in total. The Balaban J connectivity index is 2.76. The molecule has 0 amide bonds. The zero-order valence-corrected chi connectivity index (χ0v) is 11.4. The van der Waals surface area contributed by atoms with E-state index in [2.05, 4.69) is 4.98 Å². The molecule has 1 aromatic carbocycles. The van der Waals surface area contributed by atoms with Gasteiger partial charge < -0.3 is 4.98 Å². The van der Waals surface area contributed by atoms with Crippen LogP contribution in [0.15, 0.2) is 23.0 Å². The van der Waals surface area contributed by atoms with E-state index in [1.807, 2.05) is 0 Å². The standard InChI is InChI=1S/C12H4F10N2O/c13-9(11(17,18)19,12(20,21)22)4-1-2-5-6(3-4)24-8(25)7(23-5)10(14,15)16/h1-3H,(H,24,25). The van der Waals surface area contributed by atoms with Crippen molar-refractivity contribution in [3.05, 3.63) is 39.8 Å². The molecule has 0 aliphatic heterocycles. The summed E-state index contributed by atoms with van der Waals surface area (Å²) in [6.45, 7) is 0. The molecule has 3 nitrogen and oxygen atoms in total. The van der Waals surface area contributed by atoms with E-state index in [0.717, 1.165) is 0 Å². The maximum atomic E-state index is 13.9. The van der Waals surface area contributed by atoms with Gasteiger partial charge in [-0.2, -0.15) is 39.5 Å². The summed E-state index contributed by atoms with van der Waals surface area (Å²) < 4.78 is 127. The van der Waals surface area contributed by atoms with Crippen molar-refractivity contribution < 1.29 is 43.9 Å². The van der Waals surface area contributed by atoms with Gasteiger partial charge in [-0.25, -0.2) is 9.37 Å². The second kappa shape index (κ2) is 5.33. The van der Waals surface area contributed by atoms with Gasteiger partial charge >= 0.3 is 24.2 Å². The van der Waals surface area contributed by atoms with Crippen molar-refractivity contribution in [1.29, 1.82) is 0 Å². The van der Waals surface area contributed by atoms with Crippen molar-refractivity contribution in [3.63, 3.8) is 0 Å². The number of hydrogen-bond acceptors (Lipinski definition) is 2. The molecule has 138 valence electrons. The second-order valence-electron chi connectivity index (χ2n) is 4.80. The van der Waals surface area contributed by atoms with Crippen molar-refractivity contribution in [2.45, 2.75) is 24.2 Å². The van der Waals surface area contributed by atoms with E-state index in [9.17, 15) is 48.7 Å². The third-order valence-electron chi connectivity index (χ3n) is 3.14. The normalized spacial score (nSPS) is 14.2. The smallest absolute Gasteiger partial charge is 0.319 e. The minimum atomic E-state index is -6.40. The molecule has 1 aromatic heterocycles. The lowest BCUT2D eigenvalue weighted by Gasteiger charge is -2.30. The molecule has 2 rings (SSSR count). The molecule has 0 unspecified atom stereocenters. The monoisotopic (exact) mass is 382 g/mol. The maximum absolute atomic E-state index is 13.9. The van der Waals surface area contributed by atoms with Crippen LogP contribution in [0.4, 0.5) is 43.9 Å². The van der Waals surface area contributed by atoms with Crippen LogP contribution in [0.3, 0.4) is 0 Å². The van der Waals surface area contributed by atoms with Gasteiger partial charge in [0.05, 0.1) is 11.0 Å². The zero-order valence-electron chi connectivity index (χ0n) is 11.4. The van der Waals surface area contributed by atoms with Gasteiger partial charge in [0, 0.05) is 5.56 Å².